The third-order valence-electron chi connectivity index (χ3n) is 4.00. The van der Waals surface area contributed by atoms with E-state index >= 15 is 0 Å². The van der Waals surface area contributed by atoms with Crippen LogP contribution in [0.4, 0.5) is 11.4 Å². The van der Waals surface area contributed by atoms with Gasteiger partial charge in [0.15, 0.2) is 5.65 Å². The van der Waals surface area contributed by atoms with Crippen LogP contribution in [0.5, 0.6) is 0 Å². The van der Waals surface area contributed by atoms with Crippen molar-refractivity contribution in [3.63, 3.8) is 0 Å². The van der Waals surface area contributed by atoms with Crippen molar-refractivity contribution in [1.29, 1.82) is 0 Å². The van der Waals surface area contributed by atoms with Crippen molar-refractivity contribution in [2.24, 2.45) is 0 Å². The molecule has 0 saturated carbocycles. The molecule has 7 nitrogen and oxygen atoms in total. The molecular weight excluding hydrogens is 318 g/mol. The number of fused-ring (bicyclic) bond motifs is 1. The molecule has 2 aromatic heterocycles. The van der Waals surface area contributed by atoms with Crippen LogP contribution in [0.25, 0.3) is 5.65 Å². The second-order valence-corrected chi connectivity index (χ2v) is 6.13. The largest absolute Gasteiger partial charge is 0.377 e. The third-order valence-corrected chi connectivity index (χ3v) is 4.00. The Labute approximate surface area is 145 Å². The van der Waals surface area contributed by atoms with Crippen LogP contribution in [0.15, 0.2) is 47.4 Å². The summed E-state index contributed by atoms with van der Waals surface area (Å²) in [6.07, 6.45) is 1.84. The number of hydrogen-bond acceptors (Lipinski definition) is 4. The first-order valence-corrected chi connectivity index (χ1v) is 8.08. The molecule has 2 heterocycles. The Morgan fingerprint density at radius 2 is 2.04 bits per heavy atom. The first-order chi connectivity index (χ1) is 12.0. The molecule has 0 aliphatic carbocycles. The number of amides is 1. The molecule has 25 heavy (non-hydrogen) atoms. The molecule has 0 unspecified atom stereocenters. The molecule has 7 heteroatoms. The van der Waals surface area contributed by atoms with Crippen molar-refractivity contribution in [3.05, 3.63) is 58.6 Å². The van der Waals surface area contributed by atoms with Gasteiger partial charge in [-0.2, -0.15) is 0 Å². The maximum Gasteiger partial charge on any atom is 0.350 e. The van der Waals surface area contributed by atoms with E-state index in [-0.39, 0.29) is 24.6 Å². The highest BCUT2D eigenvalue weighted by molar-refractivity contribution is 5.91. The summed E-state index contributed by atoms with van der Waals surface area (Å²) in [5.74, 6) is -0.152. The van der Waals surface area contributed by atoms with Gasteiger partial charge in [0.05, 0.1) is 6.54 Å². The molecule has 0 bridgehead atoms. The lowest BCUT2D eigenvalue weighted by Gasteiger charge is -2.16. The predicted molar refractivity (Wildman–Crippen MR) is 98.2 cm³/mol. The van der Waals surface area contributed by atoms with E-state index in [1.807, 2.05) is 50.2 Å². The van der Waals surface area contributed by atoms with Crippen molar-refractivity contribution in [3.8, 4) is 0 Å². The van der Waals surface area contributed by atoms with E-state index in [1.54, 1.807) is 18.3 Å². The van der Waals surface area contributed by atoms with Crippen molar-refractivity contribution >= 4 is 22.9 Å². The van der Waals surface area contributed by atoms with E-state index in [2.05, 4.69) is 10.4 Å². The molecule has 0 saturated heterocycles. The number of aromatic nitrogens is 3. The Morgan fingerprint density at radius 1 is 1.24 bits per heavy atom. The fourth-order valence-corrected chi connectivity index (χ4v) is 2.78. The van der Waals surface area contributed by atoms with E-state index in [4.69, 9.17) is 0 Å². The highest BCUT2D eigenvalue weighted by Crippen LogP contribution is 2.21. The highest BCUT2D eigenvalue weighted by Gasteiger charge is 2.09. The quantitative estimate of drug-likeness (QED) is 0.771. The summed E-state index contributed by atoms with van der Waals surface area (Å²) in [4.78, 5) is 26.4. The highest BCUT2D eigenvalue weighted by atomic mass is 16.2. The van der Waals surface area contributed by atoms with Gasteiger partial charge in [-0.1, -0.05) is 6.07 Å². The fourth-order valence-electron chi connectivity index (χ4n) is 2.78. The summed E-state index contributed by atoms with van der Waals surface area (Å²) >= 11 is 0. The van der Waals surface area contributed by atoms with Gasteiger partial charge in [-0.3, -0.25) is 9.20 Å². The Balaban J connectivity index is 1.65. The first-order valence-electron chi connectivity index (χ1n) is 8.08. The van der Waals surface area contributed by atoms with E-state index in [1.165, 1.54) is 9.08 Å². The molecule has 3 aromatic rings. The number of benzene rings is 1. The number of nitrogens with one attached hydrogen (secondary N) is 1. The summed E-state index contributed by atoms with van der Waals surface area (Å²) < 4.78 is 2.77. The van der Waals surface area contributed by atoms with Crippen LogP contribution in [-0.2, 0) is 11.3 Å². The summed E-state index contributed by atoms with van der Waals surface area (Å²) in [6.45, 7) is 2.24. The number of aryl methyl sites for hydroxylation is 2. The standard InChI is InChI=1S/C18H21N5O2/c1-13-12-14(7-8-15(13)21(2)3)19-17(24)9-11-23-18(25)22-10-5-4-6-16(22)20-23/h4-8,10,12H,9,11H2,1-3H3,(H,19,24). The van der Waals surface area contributed by atoms with Crippen LogP contribution >= 0.6 is 0 Å². The summed E-state index contributed by atoms with van der Waals surface area (Å²) in [7, 11) is 3.96. The van der Waals surface area contributed by atoms with E-state index in [0.717, 1.165) is 16.9 Å². The topological polar surface area (TPSA) is 71.6 Å². The Bertz CT molecular complexity index is 971. The van der Waals surface area contributed by atoms with Gasteiger partial charge in [-0.25, -0.2) is 9.48 Å². The molecule has 0 aliphatic rings. The maximum atomic E-state index is 12.2. The Hall–Kier alpha value is -3.09. The van der Waals surface area contributed by atoms with Crippen molar-refractivity contribution in [2.75, 3.05) is 24.3 Å². The van der Waals surface area contributed by atoms with Crippen LogP contribution in [0.2, 0.25) is 0 Å². The minimum atomic E-state index is -0.241. The Kier molecular flexibility index (Phi) is 4.56. The fraction of sp³-hybridized carbons (Fsp3) is 0.278. The van der Waals surface area contributed by atoms with Crippen molar-refractivity contribution in [1.82, 2.24) is 14.2 Å². The lowest BCUT2D eigenvalue weighted by Crippen LogP contribution is -2.24. The van der Waals surface area contributed by atoms with Crippen molar-refractivity contribution < 1.29 is 4.79 Å². The molecule has 0 aliphatic heterocycles. The van der Waals surface area contributed by atoms with Gasteiger partial charge in [0.2, 0.25) is 5.91 Å². The predicted octanol–water partition coefficient (Wildman–Crippen LogP) is 1.90. The normalized spacial score (nSPS) is 10.8. The SMILES string of the molecule is Cc1cc(NC(=O)CCn2nc3ccccn3c2=O)ccc1N(C)C. The number of hydrogen-bond donors (Lipinski definition) is 1. The number of nitrogens with zero attached hydrogens (tertiary/aromatic N) is 4. The third kappa shape index (κ3) is 3.55. The second-order valence-electron chi connectivity index (χ2n) is 6.13. The van der Waals surface area contributed by atoms with Crippen LogP contribution in [0, 0.1) is 6.92 Å². The van der Waals surface area contributed by atoms with Crippen LogP contribution in [0.1, 0.15) is 12.0 Å². The van der Waals surface area contributed by atoms with Crippen molar-refractivity contribution in [2.45, 2.75) is 19.9 Å². The van der Waals surface area contributed by atoms with Crippen LogP contribution < -0.4 is 15.9 Å². The van der Waals surface area contributed by atoms with E-state index < -0.39 is 0 Å². The second kappa shape index (κ2) is 6.80. The average Bonchev–Trinajstić information content (AvgIpc) is 2.89. The first kappa shape index (κ1) is 16.8. The molecule has 0 radical (unpaired) electrons. The Morgan fingerprint density at radius 3 is 2.72 bits per heavy atom. The lowest BCUT2D eigenvalue weighted by molar-refractivity contribution is -0.116. The molecule has 130 valence electrons. The summed E-state index contributed by atoms with van der Waals surface area (Å²) in [6, 6.07) is 11.1. The zero-order valence-corrected chi connectivity index (χ0v) is 14.6. The molecular formula is C18H21N5O2. The van der Waals surface area contributed by atoms with Gasteiger partial charge >= 0.3 is 5.69 Å². The lowest BCUT2D eigenvalue weighted by atomic mass is 10.1. The molecule has 0 spiro atoms. The molecule has 3 rings (SSSR count). The van der Waals surface area contributed by atoms with Gasteiger partial charge in [-0.05, 0) is 42.8 Å². The number of carbonyl (C=O) groups excluding carboxylic acids is 1. The minimum Gasteiger partial charge on any atom is -0.377 e. The molecule has 1 amide bonds. The molecule has 0 atom stereocenters. The molecule has 0 fully saturated rings. The summed E-state index contributed by atoms with van der Waals surface area (Å²) in [5, 5.41) is 7.08. The maximum absolute atomic E-state index is 12.2. The van der Waals surface area contributed by atoms with Gasteiger partial charge in [0.1, 0.15) is 0 Å². The zero-order valence-electron chi connectivity index (χ0n) is 14.6. The van der Waals surface area contributed by atoms with E-state index in [0.29, 0.717) is 5.65 Å². The number of pyridine rings is 1. The average molecular weight is 339 g/mol. The minimum absolute atomic E-state index is 0.152. The van der Waals surface area contributed by atoms with Gasteiger partial charge < -0.3 is 10.2 Å². The van der Waals surface area contributed by atoms with Crippen LogP contribution in [-0.4, -0.2) is 34.2 Å². The summed E-state index contributed by atoms with van der Waals surface area (Å²) in [5.41, 5.74) is 3.27. The number of rotatable bonds is 5. The molecule has 1 N–H and O–H groups in total. The smallest absolute Gasteiger partial charge is 0.350 e. The van der Waals surface area contributed by atoms with E-state index in [9.17, 15) is 9.59 Å². The number of carbonyl (C=O) groups is 1. The number of anilines is 2. The van der Waals surface area contributed by atoms with Gasteiger partial charge in [0, 0.05) is 38.1 Å². The van der Waals surface area contributed by atoms with Crippen LogP contribution in [0.3, 0.4) is 0 Å². The monoisotopic (exact) mass is 339 g/mol. The zero-order chi connectivity index (χ0) is 18.0. The van der Waals surface area contributed by atoms with Gasteiger partial charge in [-0.15, -0.1) is 5.10 Å². The molecule has 1 aromatic carbocycles. The van der Waals surface area contributed by atoms with Gasteiger partial charge in [0.25, 0.3) is 0 Å².